The van der Waals surface area contributed by atoms with E-state index in [1.54, 1.807) is 36.4 Å². The van der Waals surface area contributed by atoms with Crippen molar-refractivity contribution in [2.75, 3.05) is 0 Å². The normalized spacial score (nSPS) is 13.5. The molecule has 0 spiro atoms. The van der Waals surface area contributed by atoms with E-state index in [0.29, 0.717) is 39.3 Å². The number of fused-ring (bicyclic) bond motifs is 5. The topological polar surface area (TPSA) is 205 Å². The van der Waals surface area contributed by atoms with Gasteiger partial charge in [0.15, 0.2) is 17.3 Å². The third-order valence-electron chi connectivity index (χ3n) is 10.1. The fourth-order valence-corrected chi connectivity index (χ4v) is 7.44. The molecular formula is C46H34O11. The van der Waals surface area contributed by atoms with Crippen molar-refractivity contribution in [2.45, 2.75) is 20.3 Å². The number of allylic oxidation sites excluding steroid dienone is 2. The average molecular weight is 763 g/mol. The molecule has 0 amide bonds. The van der Waals surface area contributed by atoms with Gasteiger partial charge in [-0.1, -0.05) is 91.0 Å². The van der Waals surface area contributed by atoms with E-state index < -0.39 is 62.8 Å². The van der Waals surface area contributed by atoms with Crippen molar-refractivity contribution in [1.82, 2.24) is 0 Å². The van der Waals surface area contributed by atoms with Crippen molar-refractivity contribution in [2.24, 2.45) is 0 Å². The van der Waals surface area contributed by atoms with Crippen LogP contribution in [0.2, 0.25) is 0 Å². The number of carbonyl (C=O) groups excluding carboxylic acids is 1. The molecule has 11 heteroatoms. The zero-order valence-electron chi connectivity index (χ0n) is 30.4. The Hall–Kier alpha value is -7.79. The summed E-state index contributed by atoms with van der Waals surface area (Å²) in [6.45, 7) is 2.92. The Morgan fingerprint density at radius 3 is 2.00 bits per heavy atom. The molecule has 0 fully saturated rings. The van der Waals surface area contributed by atoms with Gasteiger partial charge in [-0.2, -0.15) is 0 Å². The number of aliphatic hydroxyl groups excluding tert-OH is 4. The second kappa shape index (κ2) is 13.8. The molecule has 2 aromatic heterocycles. The number of rotatable bonds is 7. The molecule has 8 aromatic rings. The minimum Gasteiger partial charge on any atom is -0.509 e. The number of para-hydroxylation sites is 1. The summed E-state index contributed by atoms with van der Waals surface area (Å²) < 4.78 is 12.7. The first-order valence-electron chi connectivity index (χ1n) is 17.8. The summed E-state index contributed by atoms with van der Waals surface area (Å²) in [7, 11) is 0. The molecule has 0 aliphatic heterocycles. The molecule has 0 bridgehead atoms. The Balaban J connectivity index is 1.40. The summed E-state index contributed by atoms with van der Waals surface area (Å²) in [6.07, 6.45) is 4.43. The van der Waals surface area contributed by atoms with E-state index in [9.17, 15) is 45.6 Å². The highest BCUT2D eigenvalue weighted by Gasteiger charge is 2.32. The lowest BCUT2D eigenvalue weighted by Gasteiger charge is -2.20. The summed E-state index contributed by atoms with van der Waals surface area (Å²) in [5, 5.41) is 87.7. The van der Waals surface area contributed by atoms with Gasteiger partial charge in [0.1, 0.15) is 28.1 Å². The van der Waals surface area contributed by atoms with Crippen molar-refractivity contribution >= 4 is 61.4 Å². The standard InChI is InChI=1S/C46H34O11/c1-3-30-25(21-32(56-30)23-11-5-4-6-12-23)20-19-24-13-9-17-29-33-28(16-10-18-31(33)57-46(24)29)34-26-14-7-8-15-27(26)35(39(49)43(53)42(52)38(48)22(2)47)37-36(34)40(50)44(54)45(55)41(37)51/h3-18,20-21,47-48,50-55H,19H2,1-2H3/b25-20-,30-3+,38-22-,43-42-. The fourth-order valence-electron chi connectivity index (χ4n) is 7.44. The summed E-state index contributed by atoms with van der Waals surface area (Å²) in [5.41, 5.74) is 3.75. The van der Waals surface area contributed by atoms with E-state index in [2.05, 4.69) is 6.08 Å². The second-order valence-corrected chi connectivity index (χ2v) is 13.5. The fraction of sp³-hybridized carbons (Fsp3) is 0.0652. The third-order valence-corrected chi connectivity index (χ3v) is 10.1. The Labute approximate surface area is 322 Å². The molecule has 0 saturated heterocycles. The van der Waals surface area contributed by atoms with Gasteiger partial charge in [0.05, 0.1) is 0 Å². The lowest BCUT2D eigenvalue weighted by atomic mass is 9.84. The van der Waals surface area contributed by atoms with Crippen LogP contribution in [0.25, 0.3) is 78.1 Å². The van der Waals surface area contributed by atoms with Gasteiger partial charge in [-0.3, -0.25) is 4.79 Å². The predicted molar refractivity (Wildman–Crippen MR) is 217 cm³/mol. The van der Waals surface area contributed by atoms with Crippen molar-refractivity contribution in [3.05, 3.63) is 142 Å². The summed E-state index contributed by atoms with van der Waals surface area (Å²) in [4.78, 5) is 14.1. The number of hydrogen-bond acceptors (Lipinski definition) is 11. The highest BCUT2D eigenvalue weighted by atomic mass is 16.4. The summed E-state index contributed by atoms with van der Waals surface area (Å²) in [5.74, 6) is -9.49. The lowest BCUT2D eigenvalue weighted by Crippen LogP contribution is -2.18. The first kappa shape index (κ1) is 36.2. The molecular weight excluding hydrogens is 728 g/mol. The quantitative estimate of drug-likeness (QED) is 0.0146. The third kappa shape index (κ3) is 5.72. The van der Waals surface area contributed by atoms with Gasteiger partial charge < -0.3 is 49.7 Å². The molecule has 0 atom stereocenters. The van der Waals surface area contributed by atoms with Gasteiger partial charge in [0.25, 0.3) is 0 Å². The van der Waals surface area contributed by atoms with Gasteiger partial charge in [0.2, 0.25) is 28.8 Å². The molecule has 57 heavy (non-hydrogen) atoms. The van der Waals surface area contributed by atoms with Crippen LogP contribution in [0.5, 0.6) is 23.0 Å². The van der Waals surface area contributed by atoms with Crippen molar-refractivity contribution in [3.63, 3.8) is 0 Å². The smallest absolute Gasteiger partial charge is 0.232 e. The lowest BCUT2D eigenvalue weighted by molar-refractivity contribution is 0.0964. The second-order valence-electron chi connectivity index (χ2n) is 13.5. The number of phenols is 4. The number of aliphatic hydroxyl groups is 4. The van der Waals surface area contributed by atoms with Crippen molar-refractivity contribution < 1.29 is 54.5 Å². The molecule has 0 aliphatic rings. The Morgan fingerprint density at radius 2 is 1.30 bits per heavy atom. The van der Waals surface area contributed by atoms with Crippen LogP contribution < -0.4 is 10.6 Å². The maximum atomic E-state index is 14.1. The average Bonchev–Trinajstić information content (AvgIpc) is 3.84. The zero-order chi connectivity index (χ0) is 40.3. The number of Topliss-reactive ketones (excluding diaryl/α,β-unsaturated/α-hetero) is 1. The van der Waals surface area contributed by atoms with E-state index in [0.717, 1.165) is 34.4 Å². The number of benzene rings is 6. The predicted octanol–water partition coefficient (Wildman–Crippen LogP) is 9.32. The Kier molecular flexibility index (Phi) is 8.77. The molecule has 8 rings (SSSR count). The van der Waals surface area contributed by atoms with Gasteiger partial charge in [-0.05, 0) is 60.4 Å². The Bertz CT molecular complexity index is 3160. The first-order valence-corrected chi connectivity index (χ1v) is 17.8. The van der Waals surface area contributed by atoms with Crippen LogP contribution in [0.15, 0.2) is 129 Å². The SMILES string of the molecule is C/C=c1/oc(-c2ccccc2)c/c1=C/Cc1cccc2c1oc1cccc(-c3c4ccccc4c(C(=O)/C(O)=C(O)\C(O)=C(/C)O)c4c(O)c(O)c(O)c(O)c34)c12. The van der Waals surface area contributed by atoms with Gasteiger partial charge in [-0.15, -0.1) is 0 Å². The molecule has 0 saturated carbocycles. The van der Waals surface area contributed by atoms with Gasteiger partial charge >= 0.3 is 0 Å². The highest BCUT2D eigenvalue weighted by Crippen LogP contribution is 2.56. The van der Waals surface area contributed by atoms with Crippen molar-refractivity contribution in [3.8, 4) is 45.4 Å². The summed E-state index contributed by atoms with van der Waals surface area (Å²) >= 11 is 0. The molecule has 0 aliphatic carbocycles. The van der Waals surface area contributed by atoms with Crippen LogP contribution in [0.4, 0.5) is 0 Å². The van der Waals surface area contributed by atoms with Crippen LogP contribution >= 0.6 is 0 Å². The highest BCUT2D eigenvalue weighted by molar-refractivity contribution is 6.32. The van der Waals surface area contributed by atoms with Crippen LogP contribution in [0.3, 0.4) is 0 Å². The molecule has 2 heterocycles. The Morgan fingerprint density at radius 1 is 0.649 bits per heavy atom. The van der Waals surface area contributed by atoms with E-state index in [-0.39, 0.29) is 16.3 Å². The van der Waals surface area contributed by atoms with E-state index in [4.69, 9.17) is 8.83 Å². The molecule has 0 radical (unpaired) electrons. The number of phenolic OH excluding ortho intramolecular Hbond substituents is 4. The molecule has 284 valence electrons. The largest absolute Gasteiger partial charge is 0.509 e. The monoisotopic (exact) mass is 762 g/mol. The van der Waals surface area contributed by atoms with Crippen LogP contribution in [-0.2, 0) is 6.42 Å². The maximum Gasteiger partial charge on any atom is 0.232 e. The maximum absolute atomic E-state index is 14.1. The van der Waals surface area contributed by atoms with Crippen LogP contribution in [0, 0.1) is 0 Å². The van der Waals surface area contributed by atoms with Gasteiger partial charge in [0, 0.05) is 43.5 Å². The number of hydrogen-bond donors (Lipinski definition) is 8. The minimum absolute atomic E-state index is 0.0898. The molecule has 6 aromatic carbocycles. The first-order chi connectivity index (χ1) is 27.4. The van der Waals surface area contributed by atoms with E-state index >= 15 is 0 Å². The van der Waals surface area contributed by atoms with Gasteiger partial charge in [-0.25, -0.2) is 0 Å². The van der Waals surface area contributed by atoms with E-state index in [1.807, 2.05) is 67.6 Å². The molecule has 8 N–H and O–H groups in total. The minimum atomic E-state index is -1.41. The summed E-state index contributed by atoms with van der Waals surface area (Å²) in [6, 6.07) is 29.1. The van der Waals surface area contributed by atoms with Crippen LogP contribution in [0.1, 0.15) is 29.8 Å². The molecule has 11 nitrogen and oxygen atoms in total. The number of aromatic hydroxyl groups is 4. The number of carbonyl (C=O) groups is 1. The number of furan rings is 2. The van der Waals surface area contributed by atoms with Crippen molar-refractivity contribution in [1.29, 1.82) is 0 Å². The number of ketones is 1. The van der Waals surface area contributed by atoms with Crippen LogP contribution in [-0.4, -0.2) is 46.6 Å². The van der Waals surface area contributed by atoms with E-state index in [1.165, 1.54) is 6.07 Å². The molecule has 0 unspecified atom stereocenters. The zero-order valence-corrected chi connectivity index (χ0v) is 30.4.